The lowest BCUT2D eigenvalue weighted by Gasteiger charge is -2.27. The van der Waals surface area contributed by atoms with Crippen molar-refractivity contribution in [1.29, 1.82) is 0 Å². The van der Waals surface area contributed by atoms with E-state index >= 15 is 0 Å². The predicted molar refractivity (Wildman–Crippen MR) is 248 cm³/mol. The van der Waals surface area contributed by atoms with Crippen molar-refractivity contribution in [3.05, 3.63) is 205 Å². The van der Waals surface area contributed by atoms with Crippen molar-refractivity contribution in [3.8, 4) is 62.1 Å². The van der Waals surface area contributed by atoms with E-state index in [0.717, 1.165) is 33.2 Å². The normalized spacial score (nSPS) is 13.0. The van der Waals surface area contributed by atoms with E-state index in [1.807, 2.05) is 36.4 Å². The summed E-state index contributed by atoms with van der Waals surface area (Å²) in [6.45, 7) is 4.84. The van der Waals surface area contributed by atoms with Crippen LogP contribution in [-0.2, 0) is 5.41 Å². The van der Waals surface area contributed by atoms with E-state index in [1.165, 1.54) is 66.0 Å². The smallest absolute Gasteiger partial charge is 0.164 e. The molecule has 0 aliphatic heterocycles. The number of para-hydroxylation sites is 1. The van der Waals surface area contributed by atoms with Crippen LogP contribution >= 0.6 is 0 Å². The van der Waals surface area contributed by atoms with E-state index in [9.17, 15) is 0 Å². The Bertz CT molecular complexity index is 3440. The second-order valence-corrected chi connectivity index (χ2v) is 16.3. The van der Waals surface area contributed by atoms with E-state index in [4.69, 9.17) is 15.0 Å². The van der Waals surface area contributed by atoms with Crippen LogP contribution in [0.15, 0.2) is 194 Å². The third-order valence-corrected chi connectivity index (χ3v) is 12.6. The first kappa shape index (κ1) is 34.4. The molecule has 0 bridgehead atoms. The SMILES string of the molecule is CC1(C)c2c(cc3c4ccccc4n(-c4ccc(-c5nc(-c6ccccc6)nc(-c6ccccc6)n5)c5ccccc45)c3c2-c2ccccc2)-c2ccc3ccccc3c21. The largest absolute Gasteiger partial charge is 0.308 e. The van der Waals surface area contributed by atoms with E-state index < -0.39 is 0 Å². The van der Waals surface area contributed by atoms with Crippen LogP contribution in [0.1, 0.15) is 25.0 Å². The Balaban J connectivity index is 1.17. The molecule has 0 atom stereocenters. The molecule has 282 valence electrons. The zero-order valence-corrected chi connectivity index (χ0v) is 33.3. The zero-order chi connectivity index (χ0) is 40.0. The highest BCUT2D eigenvalue weighted by atomic mass is 15.0. The minimum atomic E-state index is -0.274. The van der Waals surface area contributed by atoms with Gasteiger partial charge in [-0.1, -0.05) is 184 Å². The lowest BCUT2D eigenvalue weighted by molar-refractivity contribution is 0.668. The lowest BCUT2D eigenvalue weighted by Crippen LogP contribution is -2.17. The Morgan fingerprint density at radius 2 is 0.917 bits per heavy atom. The first-order valence-electron chi connectivity index (χ1n) is 20.6. The van der Waals surface area contributed by atoms with Crippen LogP contribution in [0.5, 0.6) is 0 Å². The Kier molecular flexibility index (Phi) is 7.54. The summed E-state index contributed by atoms with van der Waals surface area (Å²) in [5, 5.41) is 7.25. The fourth-order valence-corrected chi connectivity index (χ4v) is 10.0. The van der Waals surface area contributed by atoms with Gasteiger partial charge in [-0.25, -0.2) is 15.0 Å². The lowest BCUT2D eigenvalue weighted by atomic mass is 9.77. The van der Waals surface area contributed by atoms with Crippen molar-refractivity contribution in [1.82, 2.24) is 19.5 Å². The first-order chi connectivity index (χ1) is 29.5. The quantitative estimate of drug-likeness (QED) is 0.175. The molecule has 2 heterocycles. The topological polar surface area (TPSA) is 43.6 Å². The third-order valence-electron chi connectivity index (χ3n) is 12.6. The fourth-order valence-electron chi connectivity index (χ4n) is 10.0. The molecule has 1 aliphatic carbocycles. The highest BCUT2D eigenvalue weighted by Gasteiger charge is 2.41. The van der Waals surface area contributed by atoms with Gasteiger partial charge in [0.1, 0.15) is 0 Å². The Hall–Kier alpha value is -7.69. The Morgan fingerprint density at radius 3 is 1.60 bits per heavy atom. The second-order valence-electron chi connectivity index (χ2n) is 16.3. The molecule has 0 saturated carbocycles. The van der Waals surface area contributed by atoms with Crippen molar-refractivity contribution in [2.45, 2.75) is 19.3 Å². The molecule has 4 nitrogen and oxygen atoms in total. The molecule has 60 heavy (non-hydrogen) atoms. The molecule has 12 rings (SSSR count). The Morgan fingerprint density at radius 1 is 0.383 bits per heavy atom. The molecule has 0 spiro atoms. The summed E-state index contributed by atoms with van der Waals surface area (Å²) in [6, 6.07) is 69.4. The van der Waals surface area contributed by atoms with Crippen molar-refractivity contribution < 1.29 is 0 Å². The maximum absolute atomic E-state index is 5.16. The van der Waals surface area contributed by atoms with Crippen molar-refractivity contribution in [3.63, 3.8) is 0 Å². The van der Waals surface area contributed by atoms with Gasteiger partial charge in [0.05, 0.1) is 16.7 Å². The standard InChI is InChI=1S/C56H38N4/c1-56(2)50-39-25-13-12-18-35(39)30-31-43(50)45-34-46-42-28-16-17-29-47(42)60(52(46)49(51(45)56)36-19-6-3-7-20-36)48-33-32-44(40-26-14-15-27-41(40)48)55-58-53(37-21-8-4-9-22-37)57-54(59-55)38-23-10-5-11-24-38/h3-34H,1-2H3. The summed E-state index contributed by atoms with van der Waals surface area (Å²) in [4.78, 5) is 15.3. The summed E-state index contributed by atoms with van der Waals surface area (Å²) in [6.07, 6.45) is 0. The van der Waals surface area contributed by atoms with Gasteiger partial charge in [-0.3, -0.25) is 0 Å². The van der Waals surface area contributed by atoms with Crippen LogP contribution in [0, 0.1) is 0 Å². The molecule has 0 saturated heterocycles. The minimum Gasteiger partial charge on any atom is -0.308 e. The van der Waals surface area contributed by atoms with Crippen LogP contribution in [0.3, 0.4) is 0 Å². The number of aromatic nitrogens is 4. The molecule has 2 aromatic heterocycles. The van der Waals surface area contributed by atoms with Crippen LogP contribution in [0.4, 0.5) is 0 Å². The Labute approximate surface area is 348 Å². The minimum absolute atomic E-state index is 0.274. The number of rotatable bonds is 5. The van der Waals surface area contributed by atoms with E-state index in [1.54, 1.807) is 0 Å². The van der Waals surface area contributed by atoms with Crippen LogP contribution in [-0.4, -0.2) is 19.5 Å². The van der Waals surface area contributed by atoms with Gasteiger partial charge in [-0.2, -0.15) is 0 Å². The molecular formula is C56H38N4. The average Bonchev–Trinajstić information content (AvgIpc) is 3.76. The molecule has 0 N–H and O–H groups in total. The maximum Gasteiger partial charge on any atom is 0.164 e. The van der Waals surface area contributed by atoms with Crippen LogP contribution in [0.2, 0.25) is 0 Å². The first-order valence-corrected chi connectivity index (χ1v) is 20.6. The molecule has 1 aliphatic rings. The van der Waals surface area contributed by atoms with Gasteiger partial charge in [-0.15, -0.1) is 0 Å². The van der Waals surface area contributed by atoms with Gasteiger partial charge in [0.15, 0.2) is 17.5 Å². The number of hydrogen-bond acceptors (Lipinski definition) is 3. The van der Waals surface area contributed by atoms with Crippen molar-refractivity contribution in [2.75, 3.05) is 0 Å². The van der Waals surface area contributed by atoms with E-state index in [-0.39, 0.29) is 5.41 Å². The van der Waals surface area contributed by atoms with Gasteiger partial charge >= 0.3 is 0 Å². The molecule has 9 aromatic carbocycles. The van der Waals surface area contributed by atoms with Gasteiger partial charge in [0.2, 0.25) is 0 Å². The third kappa shape index (κ3) is 5.07. The molecule has 0 fully saturated rings. The summed E-state index contributed by atoms with van der Waals surface area (Å²) < 4.78 is 2.52. The monoisotopic (exact) mass is 766 g/mol. The van der Waals surface area contributed by atoms with Gasteiger partial charge in [0, 0.05) is 43.8 Å². The van der Waals surface area contributed by atoms with Crippen LogP contribution in [0.25, 0.3) is 105 Å². The molecular weight excluding hydrogens is 729 g/mol. The molecule has 0 unspecified atom stereocenters. The highest BCUT2D eigenvalue weighted by molar-refractivity contribution is 6.19. The summed E-state index contributed by atoms with van der Waals surface area (Å²) in [7, 11) is 0. The zero-order valence-electron chi connectivity index (χ0n) is 33.3. The summed E-state index contributed by atoms with van der Waals surface area (Å²) in [5.74, 6) is 1.93. The van der Waals surface area contributed by atoms with E-state index in [2.05, 4.69) is 176 Å². The number of fused-ring (bicyclic) bond motifs is 9. The number of hydrogen-bond donors (Lipinski definition) is 0. The van der Waals surface area contributed by atoms with Gasteiger partial charge < -0.3 is 4.57 Å². The van der Waals surface area contributed by atoms with Crippen molar-refractivity contribution in [2.24, 2.45) is 0 Å². The molecule has 4 heteroatoms. The van der Waals surface area contributed by atoms with Gasteiger partial charge in [-0.05, 0) is 68.2 Å². The summed E-state index contributed by atoms with van der Waals surface area (Å²) in [5.41, 5.74) is 13.9. The molecule has 0 amide bonds. The second kappa shape index (κ2) is 13.2. The maximum atomic E-state index is 5.16. The molecule has 0 radical (unpaired) electrons. The summed E-state index contributed by atoms with van der Waals surface area (Å²) >= 11 is 0. The predicted octanol–water partition coefficient (Wildman–Crippen LogP) is 14.2. The average molecular weight is 767 g/mol. The van der Waals surface area contributed by atoms with Gasteiger partial charge in [0.25, 0.3) is 0 Å². The highest BCUT2D eigenvalue weighted by Crippen LogP contribution is 2.57. The van der Waals surface area contributed by atoms with E-state index in [0.29, 0.717) is 17.5 Å². The number of nitrogens with zero attached hydrogens (tertiary/aromatic N) is 4. The van der Waals surface area contributed by atoms with Crippen molar-refractivity contribution >= 4 is 43.4 Å². The molecule has 11 aromatic rings. The van der Waals surface area contributed by atoms with Crippen LogP contribution < -0.4 is 0 Å². The number of benzene rings is 9. The fraction of sp³-hybridized carbons (Fsp3) is 0.0536.